The number of aromatic nitrogens is 1. The maximum Gasteiger partial charge on any atom is 0.414 e. The molecule has 2 aromatic carbocycles. The van der Waals surface area contributed by atoms with E-state index in [2.05, 4.69) is 40.3 Å². The van der Waals surface area contributed by atoms with Crippen molar-refractivity contribution in [1.82, 2.24) is 9.88 Å². The molecular weight excluding hydrogens is 424 g/mol. The van der Waals surface area contributed by atoms with Crippen LogP contribution in [0.3, 0.4) is 0 Å². The zero-order valence-corrected chi connectivity index (χ0v) is 18.9. The maximum atomic E-state index is 9.10. The van der Waals surface area contributed by atoms with Gasteiger partial charge < -0.3 is 29.6 Å². The minimum atomic E-state index is -1.82. The predicted octanol–water partition coefficient (Wildman–Crippen LogP) is 3.76. The third-order valence-electron chi connectivity index (χ3n) is 6.01. The number of hydrogen-bond acceptors (Lipinski definition) is 5. The lowest BCUT2D eigenvalue weighted by Gasteiger charge is -2.32. The molecule has 1 saturated heterocycles. The molecule has 8 nitrogen and oxygen atoms in total. The normalized spacial score (nSPS) is 14.4. The Labute approximate surface area is 192 Å². The fourth-order valence-electron chi connectivity index (χ4n) is 4.13. The molecule has 176 valence electrons. The highest BCUT2D eigenvalue weighted by Gasteiger charge is 2.22. The molecule has 0 aliphatic carbocycles. The van der Waals surface area contributed by atoms with Gasteiger partial charge in [-0.25, -0.2) is 9.59 Å². The van der Waals surface area contributed by atoms with Gasteiger partial charge in [0.15, 0.2) is 0 Å². The van der Waals surface area contributed by atoms with Crippen LogP contribution in [0, 0.1) is 0 Å². The maximum absolute atomic E-state index is 9.10. The number of fused-ring (bicyclic) bond motifs is 1. The lowest BCUT2D eigenvalue weighted by Crippen LogP contribution is -2.34. The van der Waals surface area contributed by atoms with Crippen LogP contribution in [0.1, 0.15) is 29.9 Å². The molecule has 1 aliphatic heterocycles. The van der Waals surface area contributed by atoms with Gasteiger partial charge in [-0.2, -0.15) is 0 Å². The van der Waals surface area contributed by atoms with Crippen LogP contribution in [0.2, 0.25) is 0 Å². The Bertz CT molecular complexity index is 1060. The van der Waals surface area contributed by atoms with Gasteiger partial charge in [-0.1, -0.05) is 12.1 Å². The van der Waals surface area contributed by atoms with E-state index in [1.54, 1.807) is 14.2 Å². The average molecular weight is 455 g/mol. The average Bonchev–Trinajstić information content (AvgIpc) is 3.27. The van der Waals surface area contributed by atoms with Crippen molar-refractivity contribution in [2.24, 2.45) is 0 Å². The van der Waals surface area contributed by atoms with Gasteiger partial charge in [0.1, 0.15) is 11.5 Å². The second-order valence-corrected chi connectivity index (χ2v) is 7.98. The predicted molar refractivity (Wildman–Crippen MR) is 125 cm³/mol. The fourth-order valence-corrected chi connectivity index (χ4v) is 4.13. The van der Waals surface area contributed by atoms with Gasteiger partial charge in [0.05, 0.1) is 14.2 Å². The molecule has 2 heterocycles. The van der Waals surface area contributed by atoms with Gasteiger partial charge in [-0.15, -0.1) is 0 Å². The Morgan fingerprint density at radius 1 is 0.970 bits per heavy atom. The molecule has 4 rings (SSSR count). The van der Waals surface area contributed by atoms with Crippen molar-refractivity contribution >= 4 is 22.8 Å². The number of ether oxygens (including phenoxy) is 2. The van der Waals surface area contributed by atoms with Gasteiger partial charge >= 0.3 is 11.9 Å². The number of carboxylic acid groups (broad SMARTS) is 2. The third kappa shape index (κ3) is 6.49. The first kappa shape index (κ1) is 24.1. The molecule has 0 radical (unpaired) electrons. The van der Waals surface area contributed by atoms with Crippen LogP contribution < -0.4 is 9.47 Å². The highest BCUT2D eigenvalue weighted by Crippen LogP contribution is 2.34. The van der Waals surface area contributed by atoms with Crippen molar-refractivity contribution in [3.8, 4) is 11.5 Å². The number of benzene rings is 2. The molecule has 3 aromatic rings. The Morgan fingerprint density at radius 2 is 1.58 bits per heavy atom. The topological polar surface area (TPSA) is 112 Å². The summed E-state index contributed by atoms with van der Waals surface area (Å²) in [6.45, 7) is 3.45. The van der Waals surface area contributed by atoms with Crippen molar-refractivity contribution in [3.63, 3.8) is 0 Å². The van der Waals surface area contributed by atoms with Gasteiger partial charge in [0.25, 0.3) is 0 Å². The van der Waals surface area contributed by atoms with Gasteiger partial charge in [-0.05, 0) is 79.7 Å². The highest BCUT2D eigenvalue weighted by atomic mass is 16.5. The molecule has 1 fully saturated rings. The molecule has 8 heteroatoms. The van der Waals surface area contributed by atoms with E-state index in [-0.39, 0.29) is 0 Å². The van der Waals surface area contributed by atoms with Crippen LogP contribution in [-0.2, 0) is 16.0 Å². The lowest BCUT2D eigenvalue weighted by atomic mass is 9.89. The number of nitrogens with one attached hydrogen (secondary N) is 1. The molecule has 0 amide bonds. The Morgan fingerprint density at radius 3 is 2.15 bits per heavy atom. The van der Waals surface area contributed by atoms with Crippen molar-refractivity contribution in [2.45, 2.75) is 25.2 Å². The largest absolute Gasteiger partial charge is 0.497 e. The van der Waals surface area contributed by atoms with E-state index in [1.807, 2.05) is 18.2 Å². The number of methoxy groups -OCH3 is 2. The van der Waals surface area contributed by atoms with E-state index < -0.39 is 11.9 Å². The van der Waals surface area contributed by atoms with Crippen LogP contribution in [-0.4, -0.2) is 65.9 Å². The van der Waals surface area contributed by atoms with Crippen LogP contribution in [0.5, 0.6) is 11.5 Å². The zero-order valence-electron chi connectivity index (χ0n) is 18.9. The number of hydrogen-bond donors (Lipinski definition) is 3. The van der Waals surface area contributed by atoms with E-state index in [0.717, 1.165) is 37.6 Å². The number of carbonyl (C=O) groups is 2. The summed E-state index contributed by atoms with van der Waals surface area (Å²) >= 11 is 0. The van der Waals surface area contributed by atoms with E-state index >= 15 is 0 Å². The van der Waals surface area contributed by atoms with E-state index in [9.17, 15) is 0 Å². The Hall–Kier alpha value is -3.52. The fraction of sp³-hybridized carbons (Fsp3) is 0.360. The third-order valence-corrected chi connectivity index (χ3v) is 6.01. The number of piperidine rings is 1. The first-order valence-corrected chi connectivity index (χ1v) is 10.9. The van der Waals surface area contributed by atoms with E-state index in [1.165, 1.54) is 34.9 Å². The highest BCUT2D eigenvalue weighted by molar-refractivity contribution is 6.27. The van der Waals surface area contributed by atoms with E-state index in [0.29, 0.717) is 5.92 Å². The molecular formula is C25H30N2O6. The summed E-state index contributed by atoms with van der Waals surface area (Å²) in [5, 5.41) is 16.1. The van der Waals surface area contributed by atoms with Crippen LogP contribution in [0.25, 0.3) is 10.9 Å². The molecule has 0 bridgehead atoms. The van der Waals surface area contributed by atoms with Crippen molar-refractivity contribution in [3.05, 3.63) is 59.8 Å². The number of aliphatic carboxylic acids is 2. The number of likely N-dealkylation sites (tertiary alicyclic amines) is 1. The minimum absolute atomic E-state index is 0.628. The summed E-state index contributed by atoms with van der Waals surface area (Å²) in [5.74, 6) is -1.16. The van der Waals surface area contributed by atoms with Crippen molar-refractivity contribution in [1.29, 1.82) is 0 Å². The van der Waals surface area contributed by atoms with Crippen molar-refractivity contribution in [2.75, 3.05) is 33.9 Å². The summed E-state index contributed by atoms with van der Waals surface area (Å²) in [6, 6.07) is 14.7. The van der Waals surface area contributed by atoms with Gasteiger partial charge in [-0.3, -0.25) is 0 Å². The Kier molecular flexibility index (Phi) is 8.32. The summed E-state index contributed by atoms with van der Waals surface area (Å²) in [7, 11) is 3.44. The Balaban J connectivity index is 0.000000454. The summed E-state index contributed by atoms with van der Waals surface area (Å²) in [4.78, 5) is 24.2. The van der Waals surface area contributed by atoms with Crippen molar-refractivity contribution < 1.29 is 29.3 Å². The number of H-pyrrole nitrogens is 1. The molecule has 0 saturated carbocycles. The zero-order chi connectivity index (χ0) is 23.8. The van der Waals surface area contributed by atoms with Gasteiger partial charge in [0, 0.05) is 23.6 Å². The summed E-state index contributed by atoms with van der Waals surface area (Å²) < 4.78 is 10.6. The standard InChI is InChI=1S/C23H28N2O2.C2H2O4/c1-26-19-5-3-17(4-6-19)9-12-25-13-10-18(11-14-25)22-16-24-23-8-7-20(27-2)15-21(22)23;3-1(4)2(5)6/h3-8,15-16,18,24H,9-14H2,1-2H3;(H,3,4)(H,5,6). The molecule has 0 spiro atoms. The lowest BCUT2D eigenvalue weighted by molar-refractivity contribution is -0.159. The molecule has 3 N–H and O–H groups in total. The first-order chi connectivity index (χ1) is 15.9. The first-order valence-electron chi connectivity index (χ1n) is 10.9. The summed E-state index contributed by atoms with van der Waals surface area (Å²) in [5.41, 5.74) is 4.02. The van der Waals surface area contributed by atoms with Crippen LogP contribution in [0.4, 0.5) is 0 Å². The second-order valence-electron chi connectivity index (χ2n) is 7.98. The molecule has 1 aromatic heterocycles. The number of aromatic amines is 1. The molecule has 1 aliphatic rings. The number of rotatable bonds is 6. The van der Waals surface area contributed by atoms with Gasteiger partial charge in [0.2, 0.25) is 0 Å². The quantitative estimate of drug-likeness (QED) is 0.486. The minimum Gasteiger partial charge on any atom is -0.497 e. The smallest absolute Gasteiger partial charge is 0.414 e. The summed E-state index contributed by atoms with van der Waals surface area (Å²) in [6.07, 6.45) is 5.72. The second kappa shape index (κ2) is 11.4. The van der Waals surface area contributed by atoms with Crippen LogP contribution >= 0.6 is 0 Å². The van der Waals surface area contributed by atoms with Crippen LogP contribution in [0.15, 0.2) is 48.7 Å². The SMILES string of the molecule is COc1ccc(CCN2CCC(c3c[nH]c4ccc(OC)cc34)CC2)cc1.O=C(O)C(=O)O. The van der Waals surface area contributed by atoms with E-state index in [4.69, 9.17) is 29.3 Å². The molecule has 0 atom stereocenters. The number of carboxylic acids is 2. The number of nitrogens with zero attached hydrogens (tertiary/aromatic N) is 1. The monoisotopic (exact) mass is 454 g/mol. The molecule has 0 unspecified atom stereocenters. The molecule has 33 heavy (non-hydrogen) atoms.